The lowest BCUT2D eigenvalue weighted by atomic mass is 9.98. The second-order valence-corrected chi connectivity index (χ2v) is 4.57. The van der Waals surface area contributed by atoms with E-state index >= 15 is 0 Å². The van der Waals surface area contributed by atoms with Gasteiger partial charge in [0.15, 0.2) is 0 Å². The average Bonchev–Trinajstić information content (AvgIpc) is 2.77. The molecule has 1 aliphatic carbocycles. The topological polar surface area (TPSA) is 0 Å². The molecule has 0 bridgehead atoms. The third-order valence-electron chi connectivity index (χ3n) is 3.59. The normalized spacial score (nSPS) is 12.5. The first-order valence-electron chi connectivity index (χ1n) is 5.94. The standard InChI is InChI=1S/C17H11/c1-3-7-15-12(5-1)9-10-14-11-13-6-2-4-8-16(13)17(14)15/h1-7,9-10H,11H2. The molecular formula is C17H11. The summed E-state index contributed by atoms with van der Waals surface area (Å²) in [4.78, 5) is 0. The minimum atomic E-state index is 1.05. The van der Waals surface area contributed by atoms with E-state index < -0.39 is 0 Å². The zero-order valence-corrected chi connectivity index (χ0v) is 9.40. The maximum Gasteiger partial charge on any atom is -0.00130 e. The van der Waals surface area contributed by atoms with E-state index in [1.54, 1.807) is 0 Å². The number of fused-ring (bicyclic) bond motifs is 5. The monoisotopic (exact) mass is 215 g/mol. The van der Waals surface area contributed by atoms with Gasteiger partial charge in [-0.25, -0.2) is 0 Å². The number of benzene rings is 3. The van der Waals surface area contributed by atoms with Crippen molar-refractivity contribution in [3.8, 4) is 11.1 Å². The van der Waals surface area contributed by atoms with Gasteiger partial charge in [0, 0.05) is 0 Å². The molecule has 3 aromatic carbocycles. The molecule has 0 spiro atoms. The third-order valence-corrected chi connectivity index (χ3v) is 3.59. The van der Waals surface area contributed by atoms with Crippen molar-refractivity contribution in [2.45, 2.75) is 6.42 Å². The van der Waals surface area contributed by atoms with Crippen molar-refractivity contribution in [2.75, 3.05) is 0 Å². The van der Waals surface area contributed by atoms with E-state index in [0.717, 1.165) is 6.42 Å². The molecule has 79 valence electrons. The first kappa shape index (κ1) is 9.00. The SMILES string of the molecule is [c]1cccc2c1-c1c(ccc3ccccc13)C2. The largest absolute Gasteiger partial charge is 0.0616 e. The van der Waals surface area contributed by atoms with Gasteiger partial charge in [0.05, 0.1) is 0 Å². The molecule has 17 heavy (non-hydrogen) atoms. The number of hydrogen-bond donors (Lipinski definition) is 0. The van der Waals surface area contributed by atoms with E-state index in [4.69, 9.17) is 0 Å². The zero-order chi connectivity index (χ0) is 11.2. The van der Waals surface area contributed by atoms with Gasteiger partial charge in [-0.05, 0) is 45.5 Å². The molecule has 0 nitrogen and oxygen atoms in total. The lowest BCUT2D eigenvalue weighted by molar-refractivity contribution is 1.27. The van der Waals surface area contributed by atoms with Gasteiger partial charge in [-0.15, -0.1) is 0 Å². The summed E-state index contributed by atoms with van der Waals surface area (Å²) < 4.78 is 0. The Balaban J connectivity index is 2.17. The van der Waals surface area contributed by atoms with Gasteiger partial charge >= 0.3 is 0 Å². The van der Waals surface area contributed by atoms with Crippen LogP contribution in [0.15, 0.2) is 54.6 Å². The van der Waals surface area contributed by atoms with Crippen LogP contribution in [0.3, 0.4) is 0 Å². The van der Waals surface area contributed by atoms with E-state index in [0.29, 0.717) is 0 Å². The molecule has 0 amide bonds. The van der Waals surface area contributed by atoms with Crippen LogP contribution in [0, 0.1) is 6.07 Å². The molecule has 0 aromatic heterocycles. The lowest BCUT2D eigenvalue weighted by Crippen LogP contribution is -1.81. The van der Waals surface area contributed by atoms with Gasteiger partial charge in [0.25, 0.3) is 0 Å². The molecule has 0 saturated carbocycles. The molecule has 4 rings (SSSR count). The van der Waals surface area contributed by atoms with Crippen molar-refractivity contribution in [3.63, 3.8) is 0 Å². The van der Waals surface area contributed by atoms with Crippen molar-refractivity contribution < 1.29 is 0 Å². The van der Waals surface area contributed by atoms with Crippen LogP contribution >= 0.6 is 0 Å². The Hall–Kier alpha value is -2.08. The Kier molecular flexibility index (Phi) is 1.70. The lowest BCUT2D eigenvalue weighted by Gasteiger charge is -2.05. The van der Waals surface area contributed by atoms with E-state index in [9.17, 15) is 0 Å². The second-order valence-electron chi connectivity index (χ2n) is 4.57. The van der Waals surface area contributed by atoms with Crippen LogP contribution in [0.1, 0.15) is 11.1 Å². The Labute approximate surface area is 101 Å². The van der Waals surface area contributed by atoms with Gasteiger partial charge in [0.2, 0.25) is 0 Å². The molecule has 0 saturated heterocycles. The van der Waals surface area contributed by atoms with E-state index in [-0.39, 0.29) is 0 Å². The maximum absolute atomic E-state index is 3.40. The molecular weight excluding hydrogens is 204 g/mol. The molecule has 0 atom stereocenters. The van der Waals surface area contributed by atoms with Gasteiger partial charge in [-0.2, -0.15) is 0 Å². The van der Waals surface area contributed by atoms with Crippen molar-refractivity contribution >= 4 is 10.8 Å². The molecule has 0 heteroatoms. The molecule has 0 N–H and O–H groups in total. The maximum atomic E-state index is 3.40. The highest BCUT2D eigenvalue weighted by atomic mass is 14.2. The van der Waals surface area contributed by atoms with Crippen LogP contribution in [0.5, 0.6) is 0 Å². The Bertz CT molecular complexity index is 723. The Morgan fingerprint density at radius 3 is 2.76 bits per heavy atom. The summed E-state index contributed by atoms with van der Waals surface area (Å²) in [5.41, 5.74) is 5.51. The van der Waals surface area contributed by atoms with E-state index in [1.807, 2.05) is 6.07 Å². The van der Waals surface area contributed by atoms with Crippen LogP contribution in [0.4, 0.5) is 0 Å². The first-order chi connectivity index (χ1) is 8.43. The molecule has 0 aliphatic heterocycles. The predicted octanol–water partition coefficient (Wildman–Crippen LogP) is 4.21. The van der Waals surface area contributed by atoms with Crippen molar-refractivity contribution in [2.24, 2.45) is 0 Å². The van der Waals surface area contributed by atoms with E-state index in [2.05, 4.69) is 54.6 Å². The number of hydrogen-bond acceptors (Lipinski definition) is 0. The Morgan fingerprint density at radius 1 is 0.824 bits per heavy atom. The van der Waals surface area contributed by atoms with Crippen molar-refractivity contribution in [1.29, 1.82) is 0 Å². The van der Waals surface area contributed by atoms with Crippen molar-refractivity contribution in [3.05, 3.63) is 71.8 Å². The van der Waals surface area contributed by atoms with Crippen LogP contribution in [-0.2, 0) is 6.42 Å². The quantitative estimate of drug-likeness (QED) is 0.412. The highest BCUT2D eigenvalue weighted by Crippen LogP contribution is 2.40. The summed E-state index contributed by atoms with van der Waals surface area (Å²) in [6.45, 7) is 0. The molecule has 0 heterocycles. The van der Waals surface area contributed by atoms with Gasteiger partial charge in [-0.3, -0.25) is 0 Å². The minimum absolute atomic E-state index is 1.05. The number of rotatable bonds is 0. The molecule has 1 aliphatic rings. The zero-order valence-electron chi connectivity index (χ0n) is 9.40. The van der Waals surface area contributed by atoms with Gasteiger partial charge in [-0.1, -0.05) is 54.6 Å². The van der Waals surface area contributed by atoms with Crippen molar-refractivity contribution in [1.82, 2.24) is 0 Å². The smallest absolute Gasteiger partial charge is 0.00130 e. The summed E-state index contributed by atoms with van der Waals surface area (Å²) in [7, 11) is 0. The fraction of sp³-hybridized carbons (Fsp3) is 0.0588. The average molecular weight is 215 g/mol. The molecule has 0 unspecified atom stereocenters. The van der Waals surface area contributed by atoms with Crippen LogP contribution in [0.25, 0.3) is 21.9 Å². The fourth-order valence-electron chi connectivity index (χ4n) is 2.82. The second kappa shape index (κ2) is 3.21. The highest BCUT2D eigenvalue weighted by Gasteiger charge is 2.19. The summed E-state index contributed by atoms with van der Waals surface area (Å²) in [6, 6.07) is 22.8. The molecule has 3 aromatic rings. The molecule has 0 fully saturated rings. The third kappa shape index (κ3) is 1.18. The highest BCUT2D eigenvalue weighted by molar-refractivity contribution is 6.00. The summed E-state index contributed by atoms with van der Waals surface area (Å²) in [5, 5.41) is 2.67. The van der Waals surface area contributed by atoms with Gasteiger partial charge < -0.3 is 0 Å². The first-order valence-corrected chi connectivity index (χ1v) is 5.94. The van der Waals surface area contributed by atoms with Gasteiger partial charge in [0.1, 0.15) is 0 Å². The predicted molar refractivity (Wildman–Crippen MR) is 71.0 cm³/mol. The molecule has 1 radical (unpaired) electrons. The summed E-state index contributed by atoms with van der Waals surface area (Å²) >= 11 is 0. The van der Waals surface area contributed by atoms with E-state index in [1.165, 1.54) is 33.0 Å². The fourth-order valence-corrected chi connectivity index (χ4v) is 2.82. The summed E-state index contributed by atoms with van der Waals surface area (Å²) in [5.74, 6) is 0. The van der Waals surface area contributed by atoms with Crippen LogP contribution in [0.2, 0.25) is 0 Å². The van der Waals surface area contributed by atoms with Crippen LogP contribution < -0.4 is 0 Å². The minimum Gasteiger partial charge on any atom is -0.0616 e. The van der Waals surface area contributed by atoms with Crippen LogP contribution in [-0.4, -0.2) is 0 Å². The Morgan fingerprint density at radius 2 is 1.76 bits per heavy atom. The summed E-state index contributed by atoms with van der Waals surface area (Å²) in [6.07, 6.45) is 1.05.